The van der Waals surface area contributed by atoms with Crippen LogP contribution >= 0.6 is 24.0 Å². The lowest BCUT2D eigenvalue weighted by Crippen LogP contribution is -2.29. The molecule has 1 aliphatic heterocycles. The Morgan fingerprint density at radius 2 is 1.88 bits per heavy atom. The summed E-state index contributed by atoms with van der Waals surface area (Å²) in [5.74, 6) is 0.399. The zero-order chi connectivity index (χ0) is 23.1. The largest absolute Gasteiger partial charge is 0.369 e. The number of rotatable bonds is 11. The van der Waals surface area contributed by atoms with Crippen LogP contribution < -0.4 is 10.9 Å². The van der Waals surface area contributed by atoms with Crippen LogP contribution in [-0.4, -0.2) is 37.6 Å². The summed E-state index contributed by atoms with van der Waals surface area (Å²) in [6.07, 6.45) is 10.9. The normalized spacial score (nSPS) is 15.3. The number of thioether (sulfide) groups is 1. The van der Waals surface area contributed by atoms with Gasteiger partial charge in [-0.15, -0.1) is 0 Å². The van der Waals surface area contributed by atoms with Gasteiger partial charge in [0.1, 0.15) is 15.8 Å². The summed E-state index contributed by atoms with van der Waals surface area (Å²) in [6.45, 7) is 7.60. The highest BCUT2D eigenvalue weighted by atomic mass is 32.2. The molecule has 3 rings (SSSR count). The van der Waals surface area contributed by atoms with E-state index in [2.05, 4.69) is 19.2 Å². The third-order valence-corrected chi connectivity index (χ3v) is 6.92. The maximum Gasteiger partial charge on any atom is 0.267 e. The van der Waals surface area contributed by atoms with Gasteiger partial charge in [-0.1, -0.05) is 76.0 Å². The van der Waals surface area contributed by atoms with Crippen LogP contribution in [0.25, 0.3) is 11.7 Å². The highest BCUT2D eigenvalue weighted by Crippen LogP contribution is 2.33. The predicted octanol–water partition coefficient (Wildman–Crippen LogP) is 5.39. The molecule has 0 aliphatic carbocycles. The van der Waals surface area contributed by atoms with E-state index in [0.717, 1.165) is 57.1 Å². The first-order valence-corrected chi connectivity index (χ1v) is 12.7. The number of anilines is 1. The SMILES string of the molecule is CCCCCCN1C(=O)C(=Cc2c(NCCCCC)nc3c(C)cccn3c2=O)SC1=S. The van der Waals surface area contributed by atoms with Gasteiger partial charge in [-0.3, -0.25) is 18.9 Å². The molecule has 0 saturated carbocycles. The second kappa shape index (κ2) is 11.6. The molecular formula is C24H32N4O2S2. The Bertz CT molecular complexity index is 1080. The van der Waals surface area contributed by atoms with E-state index in [0.29, 0.717) is 32.8 Å². The molecule has 1 amide bonds. The van der Waals surface area contributed by atoms with Crippen LogP contribution in [0.15, 0.2) is 28.0 Å². The maximum absolute atomic E-state index is 13.4. The minimum absolute atomic E-state index is 0.123. The van der Waals surface area contributed by atoms with E-state index in [4.69, 9.17) is 17.2 Å². The third kappa shape index (κ3) is 5.59. The van der Waals surface area contributed by atoms with Gasteiger partial charge in [-0.2, -0.15) is 0 Å². The molecule has 0 bridgehead atoms. The zero-order valence-corrected chi connectivity index (χ0v) is 20.8. The van der Waals surface area contributed by atoms with E-state index in [1.54, 1.807) is 21.6 Å². The van der Waals surface area contributed by atoms with Gasteiger partial charge < -0.3 is 5.32 Å². The van der Waals surface area contributed by atoms with Gasteiger partial charge in [-0.25, -0.2) is 4.98 Å². The predicted molar refractivity (Wildman–Crippen MR) is 138 cm³/mol. The molecule has 0 radical (unpaired) electrons. The van der Waals surface area contributed by atoms with Gasteiger partial charge in [0.15, 0.2) is 0 Å². The lowest BCUT2D eigenvalue weighted by atomic mass is 10.2. The van der Waals surface area contributed by atoms with E-state index >= 15 is 0 Å². The standard InChI is InChI=1S/C24H32N4O2S2/c1-4-6-8-10-14-28-23(30)19(32-24(28)31)16-18-20(25-13-9-7-5-2)26-21-17(3)12-11-15-27(21)22(18)29/h11-12,15-16,25H,4-10,13-14H2,1-3H3. The van der Waals surface area contributed by atoms with Crippen LogP contribution in [0.3, 0.4) is 0 Å². The molecule has 1 fully saturated rings. The first kappa shape index (κ1) is 24.5. The second-order valence-corrected chi connectivity index (χ2v) is 9.77. The van der Waals surface area contributed by atoms with Crippen LogP contribution in [0.4, 0.5) is 5.82 Å². The van der Waals surface area contributed by atoms with Gasteiger partial charge in [0.2, 0.25) is 0 Å². The van der Waals surface area contributed by atoms with Crippen LogP contribution in [0.1, 0.15) is 69.9 Å². The van der Waals surface area contributed by atoms with Crippen molar-refractivity contribution in [3.8, 4) is 0 Å². The molecule has 0 aromatic carbocycles. The second-order valence-electron chi connectivity index (χ2n) is 8.09. The molecule has 0 spiro atoms. The number of hydrogen-bond acceptors (Lipinski definition) is 6. The highest BCUT2D eigenvalue weighted by molar-refractivity contribution is 8.26. The van der Waals surface area contributed by atoms with Crippen molar-refractivity contribution >= 4 is 51.7 Å². The fourth-order valence-electron chi connectivity index (χ4n) is 3.68. The number of nitrogens with zero attached hydrogens (tertiary/aromatic N) is 3. The number of pyridine rings is 1. The summed E-state index contributed by atoms with van der Waals surface area (Å²) in [5, 5.41) is 3.33. The van der Waals surface area contributed by atoms with Crippen molar-refractivity contribution in [2.24, 2.45) is 0 Å². The number of hydrogen-bond donors (Lipinski definition) is 1. The Kier molecular flexibility index (Phi) is 8.87. The van der Waals surface area contributed by atoms with Crippen LogP contribution in [0.2, 0.25) is 0 Å². The Morgan fingerprint density at radius 1 is 1.12 bits per heavy atom. The number of aromatic nitrogens is 2. The average Bonchev–Trinajstić information content (AvgIpc) is 3.04. The molecule has 0 unspecified atom stereocenters. The van der Waals surface area contributed by atoms with E-state index in [1.165, 1.54) is 11.8 Å². The van der Waals surface area contributed by atoms with Gasteiger partial charge >= 0.3 is 0 Å². The number of nitrogens with one attached hydrogen (secondary N) is 1. The number of fused-ring (bicyclic) bond motifs is 1. The quantitative estimate of drug-likeness (QED) is 0.269. The summed E-state index contributed by atoms with van der Waals surface area (Å²) in [6, 6.07) is 3.77. The maximum atomic E-state index is 13.4. The number of carbonyl (C=O) groups excluding carboxylic acids is 1. The Balaban J connectivity index is 1.95. The van der Waals surface area contributed by atoms with E-state index in [1.807, 2.05) is 19.1 Å². The van der Waals surface area contributed by atoms with Crippen LogP contribution in [-0.2, 0) is 4.79 Å². The third-order valence-electron chi connectivity index (χ3n) is 5.54. The van der Waals surface area contributed by atoms with Crippen molar-refractivity contribution in [3.63, 3.8) is 0 Å². The van der Waals surface area contributed by atoms with Crippen LogP contribution in [0.5, 0.6) is 0 Å². The first-order valence-electron chi connectivity index (χ1n) is 11.5. The topological polar surface area (TPSA) is 66.7 Å². The van der Waals surface area contributed by atoms with Crippen molar-refractivity contribution < 1.29 is 4.79 Å². The molecule has 1 saturated heterocycles. The Labute approximate surface area is 199 Å². The summed E-state index contributed by atoms with van der Waals surface area (Å²) in [7, 11) is 0. The average molecular weight is 473 g/mol. The molecule has 3 heterocycles. The van der Waals surface area contributed by atoms with Crippen molar-refractivity contribution in [2.75, 3.05) is 18.4 Å². The Hall–Kier alpha value is -2.19. The molecular weight excluding hydrogens is 440 g/mol. The minimum Gasteiger partial charge on any atom is -0.369 e. The number of carbonyl (C=O) groups is 1. The fraction of sp³-hybridized carbons (Fsp3) is 0.500. The van der Waals surface area contributed by atoms with E-state index < -0.39 is 0 Å². The Morgan fingerprint density at radius 3 is 2.62 bits per heavy atom. The molecule has 1 aliphatic rings. The summed E-state index contributed by atoms with van der Waals surface area (Å²) < 4.78 is 2.10. The molecule has 6 nitrogen and oxygen atoms in total. The monoisotopic (exact) mass is 472 g/mol. The van der Waals surface area contributed by atoms with Crippen molar-refractivity contribution in [1.82, 2.24) is 14.3 Å². The number of aryl methyl sites for hydroxylation is 1. The minimum atomic E-state index is -0.190. The first-order chi connectivity index (χ1) is 15.5. The van der Waals surface area contributed by atoms with E-state index in [9.17, 15) is 9.59 Å². The van der Waals surface area contributed by atoms with Crippen molar-refractivity contribution in [2.45, 2.75) is 65.7 Å². The van der Waals surface area contributed by atoms with Gasteiger partial charge in [-0.05, 0) is 37.5 Å². The van der Waals surface area contributed by atoms with Gasteiger partial charge in [0.05, 0.1) is 10.5 Å². The number of unbranched alkanes of at least 4 members (excludes halogenated alkanes) is 5. The lowest BCUT2D eigenvalue weighted by Gasteiger charge is -2.14. The summed E-state index contributed by atoms with van der Waals surface area (Å²) in [4.78, 5) is 33.3. The van der Waals surface area contributed by atoms with Gasteiger partial charge in [0.25, 0.3) is 11.5 Å². The molecule has 172 valence electrons. The fourth-order valence-corrected chi connectivity index (χ4v) is 4.97. The lowest BCUT2D eigenvalue weighted by molar-refractivity contribution is -0.122. The zero-order valence-electron chi connectivity index (χ0n) is 19.1. The molecule has 0 atom stereocenters. The van der Waals surface area contributed by atoms with Crippen LogP contribution in [0, 0.1) is 6.92 Å². The number of amides is 1. The van der Waals surface area contributed by atoms with Crippen molar-refractivity contribution in [1.29, 1.82) is 0 Å². The molecule has 2 aromatic rings. The highest BCUT2D eigenvalue weighted by Gasteiger charge is 2.32. The van der Waals surface area contributed by atoms with Crippen molar-refractivity contribution in [3.05, 3.63) is 44.7 Å². The smallest absolute Gasteiger partial charge is 0.267 e. The molecule has 1 N–H and O–H groups in total. The summed E-state index contributed by atoms with van der Waals surface area (Å²) >= 11 is 6.72. The molecule has 32 heavy (non-hydrogen) atoms. The van der Waals surface area contributed by atoms with Gasteiger partial charge in [0, 0.05) is 19.3 Å². The number of thiocarbonyl (C=S) groups is 1. The van der Waals surface area contributed by atoms with E-state index in [-0.39, 0.29) is 11.5 Å². The summed E-state index contributed by atoms with van der Waals surface area (Å²) in [5.41, 5.74) is 1.75. The molecule has 8 heteroatoms. The molecule has 2 aromatic heterocycles.